The minimum absolute atomic E-state index is 0.00496. The molecule has 3 fully saturated rings. The van der Waals surface area contributed by atoms with Crippen molar-refractivity contribution in [2.75, 3.05) is 0 Å². The highest BCUT2D eigenvalue weighted by atomic mass is 16.4. The first-order valence-corrected chi connectivity index (χ1v) is 9.70. The van der Waals surface area contributed by atoms with Crippen LogP contribution >= 0.6 is 0 Å². The van der Waals surface area contributed by atoms with Crippen LogP contribution in [0.15, 0.2) is 11.6 Å². The predicted molar refractivity (Wildman–Crippen MR) is 93.9 cm³/mol. The lowest BCUT2D eigenvalue weighted by atomic mass is 9.57. The Balaban J connectivity index is 1.94. The second kappa shape index (κ2) is 5.10. The Morgan fingerprint density at radius 3 is 2.19 bits per heavy atom. The molecular weight excluding hydrogens is 336 g/mol. The molecule has 6 nitrogen and oxygen atoms in total. The zero-order valence-corrected chi connectivity index (χ0v) is 15.9. The number of rotatable bonds is 0. The molecule has 0 aromatic carbocycles. The zero-order chi connectivity index (χ0) is 19.4. The Morgan fingerprint density at radius 2 is 1.58 bits per heavy atom. The molecule has 0 amide bonds. The second-order valence-electron chi connectivity index (χ2n) is 10.1. The van der Waals surface area contributed by atoms with E-state index in [4.69, 9.17) is 0 Å². The molecule has 0 unspecified atom stereocenters. The molecule has 2 bridgehead atoms. The molecule has 4 aliphatic carbocycles. The molecule has 0 heterocycles. The van der Waals surface area contributed by atoms with Gasteiger partial charge < -0.3 is 30.6 Å². The Bertz CT molecular complexity index is 657. The van der Waals surface area contributed by atoms with Crippen molar-refractivity contribution in [1.29, 1.82) is 0 Å². The lowest BCUT2D eigenvalue weighted by molar-refractivity contribution is -0.208. The van der Waals surface area contributed by atoms with Gasteiger partial charge in [-0.2, -0.15) is 0 Å². The normalized spacial score (nSPS) is 60.8. The van der Waals surface area contributed by atoms with Crippen molar-refractivity contribution in [2.45, 2.75) is 82.6 Å². The van der Waals surface area contributed by atoms with Gasteiger partial charge in [0.1, 0.15) is 5.60 Å². The smallest absolute Gasteiger partial charge is 0.106 e. The fraction of sp³-hybridized carbons (Fsp3) is 0.900. The predicted octanol–water partition coefficient (Wildman–Crippen LogP) is -0.0557. The van der Waals surface area contributed by atoms with E-state index in [0.29, 0.717) is 6.42 Å². The van der Waals surface area contributed by atoms with E-state index in [2.05, 4.69) is 0 Å². The quantitative estimate of drug-likeness (QED) is 0.333. The van der Waals surface area contributed by atoms with E-state index in [0.717, 1.165) is 12.0 Å². The largest absolute Gasteiger partial charge is 0.392 e. The molecule has 4 aliphatic rings. The van der Waals surface area contributed by atoms with Gasteiger partial charge in [-0.1, -0.05) is 25.5 Å². The monoisotopic (exact) mass is 368 g/mol. The second-order valence-corrected chi connectivity index (χ2v) is 10.1. The first-order valence-electron chi connectivity index (χ1n) is 9.70. The molecule has 26 heavy (non-hydrogen) atoms. The van der Waals surface area contributed by atoms with Gasteiger partial charge in [-0.15, -0.1) is 0 Å². The van der Waals surface area contributed by atoms with E-state index >= 15 is 0 Å². The molecule has 6 N–H and O–H groups in total. The first-order chi connectivity index (χ1) is 11.8. The summed E-state index contributed by atoms with van der Waals surface area (Å²) >= 11 is 0. The highest BCUT2D eigenvalue weighted by Gasteiger charge is 2.76. The third-order valence-corrected chi connectivity index (χ3v) is 8.73. The minimum Gasteiger partial charge on any atom is -0.392 e. The summed E-state index contributed by atoms with van der Waals surface area (Å²) in [4.78, 5) is 0. The van der Waals surface area contributed by atoms with Crippen molar-refractivity contribution in [3.05, 3.63) is 11.6 Å². The van der Waals surface area contributed by atoms with Crippen molar-refractivity contribution in [3.63, 3.8) is 0 Å². The molecule has 4 rings (SSSR count). The van der Waals surface area contributed by atoms with Gasteiger partial charge in [0.25, 0.3) is 0 Å². The standard InChI is InChI=1S/C20H32O6/c1-9-7-19-8-12(21)20(26)14(13(22)16(24)17(20,2)3)18(4,25)11(19)6-5-10(9)15(19)23/h7,10-16,21-26H,5-6,8H2,1-4H3/t10-,11+,12+,13+,14-,15-,16+,18+,19+,20+/m0/s1. The van der Waals surface area contributed by atoms with Crippen molar-refractivity contribution < 1.29 is 30.6 Å². The van der Waals surface area contributed by atoms with Crippen LogP contribution in [0.3, 0.4) is 0 Å². The van der Waals surface area contributed by atoms with Crippen LogP contribution in [0.1, 0.15) is 47.0 Å². The van der Waals surface area contributed by atoms with Crippen molar-refractivity contribution in [3.8, 4) is 0 Å². The van der Waals surface area contributed by atoms with Crippen LogP contribution in [-0.2, 0) is 0 Å². The summed E-state index contributed by atoms with van der Waals surface area (Å²) in [5.41, 5.74) is -4.43. The maximum absolute atomic E-state index is 11.7. The molecule has 0 radical (unpaired) electrons. The summed E-state index contributed by atoms with van der Waals surface area (Å²) < 4.78 is 0. The topological polar surface area (TPSA) is 121 Å². The van der Waals surface area contributed by atoms with Crippen LogP contribution in [0.5, 0.6) is 0 Å². The third kappa shape index (κ3) is 1.79. The maximum atomic E-state index is 11.7. The van der Waals surface area contributed by atoms with Crippen molar-refractivity contribution in [2.24, 2.45) is 28.6 Å². The summed E-state index contributed by atoms with van der Waals surface area (Å²) in [5, 5.41) is 66.9. The van der Waals surface area contributed by atoms with Crippen LogP contribution in [0.2, 0.25) is 0 Å². The Morgan fingerprint density at radius 1 is 0.962 bits per heavy atom. The fourth-order valence-electron chi connectivity index (χ4n) is 7.35. The summed E-state index contributed by atoms with van der Waals surface area (Å²) in [7, 11) is 0. The molecular formula is C20H32O6. The molecule has 148 valence electrons. The van der Waals surface area contributed by atoms with E-state index in [9.17, 15) is 30.6 Å². The van der Waals surface area contributed by atoms with Crippen LogP contribution in [0.4, 0.5) is 0 Å². The fourth-order valence-corrected chi connectivity index (χ4v) is 7.35. The third-order valence-electron chi connectivity index (χ3n) is 8.73. The highest BCUT2D eigenvalue weighted by molar-refractivity contribution is 5.34. The van der Waals surface area contributed by atoms with E-state index in [-0.39, 0.29) is 12.3 Å². The van der Waals surface area contributed by atoms with E-state index in [1.807, 2.05) is 13.0 Å². The molecule has 0 aliphatic heterocycles. The number of aliphatic hydroxyl groups excluding tert-OH is 4. The van der Waals surface area contributed by atoms with E-state index in [1.54, 1.807) is 20.8 Å². The maximum Gasteiger partial charge on any atom is 0.106 e. The first kappa shape index (κ1) is 18.8. The van der Waals surface area contributed by atoms with Gasteiger partial charge in [0.05, 0.1) is 30.0 Å². The van der Waals surface area contributed by atoms with Crippen LogP contribution < -0.4 is 0 Å². The SMILES string of the molecule is CC1=C[C@@]23C[C@@H](O)[C@@]4(O)[C@@H]([C@@H](O)[C@@H](O)C4(C)C)[C@](C)(O)[C@H]2CC[C@@H]1[C@@H]3O. The Labute approximate surface area is 154 Å². The van der Waals surface area contributed by atoms with Gasteiger partial charge >= 0.3 is 0 Å². The van der Waals surface area contributed by atoms with Crippen molar-refractivity contribution >= 4 is 0 Å². The molecule has 0 aromatic rings. The summed E-state index contributed by atoms with van der Waals surface area (Å²) in [5.74, 6) is -1.54. The minimum atomic E-state index is -1.87. The summed E-state index contributed by atoms with van der Waals surface area (Å²) in [6.07, 6.45) is -1.22. The number of hydrogen-bond donors (Lipinski definition) is 6. The molecule has 6 heteroatoms. The van der Waals surface area contributed by atoms with Crippen molar-refractivity contribution in [1.82, 2.24) is 0 Å². The number of hydrogen-bond acceptors (Lipinski definition) is 6. The Hall–Kier alpha value is -0.500. The zero-order valence-electron chi connectivity index (χ0n) is 15.9. The lowest BCUT2D eigenvalue weighted by Gasteiger charge is -2.51. The summed E-state index contributed by atoms with van der Waals surface area (Å²) in [6.45, 7) is 6.78. The molecule has 1 spiro atoms. The molecule has 3 saturated carbocycles. The highest BCUT2D eigenvalue weighted by Crippen LogP contribution is 2.67. The molecule has 0 saturated heterocycles. The summed E-state index contributed by atoms with van der Waals surface area (Å²) in [6, 6.07) is 0. The van der Waals surface area contributed by atoms with Gasteiger partial charge in [-0.05, 0) is 39.0 Å². The van der Waals surface area contributed by atoms with Gasteiger partial charge in [0.15, 0.2) is 0 Å². The Kier molecular flexibility index (Phi) is 3.70. The number of fused-ring (bicyclic) bond motifs is 2. The van der Waals surface area contributed by atoms with Crippen LogP contribution in [0, 0.1) is 28.6 Å². The number of aliphatic hydroxyl groups is 6. The molecule has 0 aromatic heterocycles. The van der Waals surface area contributed by atoms with Crippen LogP contribution in [0.25, 0.3) is 0 Å². The van der Waals surface area contributed by atoms with Gasteiger partial charge in [0, 0.05) is 22.7 Å². The van der Waals surface area contributed by atoms with E-state index in [1.165, 1.54) is 0 Å². The van der Waals surface area contributed by atoms with Crippen LogP contribution in [-0.4, -0.2) is 66.3 Å². The average molecular weight is 368 g/mol. The van der Waals surface area contributed by atoms with Gasteiger partial charge in [-0.3, -0.25) is 0 Å². The van der Waals surface area contributed by atoms with Gasteiger partial charge in [-0.25, -0.2) is 0 Å². The lowest BCUT2D eigenvalue weighted by Crippen LogP contribution is -2.62. The van der Waals surface area contributed by atoms with Gasteiger partial charge in [0.2, 0.25) is 0 Å². The molecule has 10 atom stereocenters. The average Bonchev–Trinajstić information content (AvgIpc) is 2.73. The van der Waals surface area contributed by atoms with E-state index < -0.39 is 58.3 Å².